The number of pyridine rings is 1. The van der Waals surface area contributed by atoms with Crippen LogP contribution in [0.1, 0.15) is 42.4 Å². The Morgan fingerprint density at radius 2 is 2.09 bits per heavy atom. The molecule has 7 nitrogen and oxygen atoms in total. The summed E-state index contributed by atoms with van der Waals surface area (Å²) >= 11 is 0. The standard InChI is InChI=1S/C16H21N3O4/c1-9(2)16(3)15(21)18-13(19-16)12-11(14(20)23-5)6-10(7-17-12)8-22-4/h6-7,9H,8H2,1-5H3,(H,18,19,21). The summed E-state index contributed by atoms with van der Waals surface area (Å²) in [5.74, 6) is -0.452. The molecule has 0 saturated carbocycles. The number of amides is 1. The van der Waals surface area contributed by atoms with Gasteiger partial charge in [-0.05, 0) is 24.5 Å². The van der Waals surface area contributed by atoms with Crippen molar-refractivity contribution in [1.29, 1.82) is 0 Å². The predicted molar refractivity (Wildman–Crippen MR) is 84.2 cm³/mol. The fourth-order valence-corrected chi connectivity index (χ4v) is 2.26. The average Bonchev–Trinajstić information content (AvgIpc) is 2.83. The summed E-state index contributed by atoms with van der Waals surface area (Å²) in [5.41, 5.74) is 0.395. The van der Waals surface area contributed by atoms with E-state index in [1.165, 1.54) is 7.11 Å². The first-order valence-corrected chi connectivity index (χ1v) is 7.31. The van der Waals surface area contributed by atoms with Gasteiger partial charge in [0.2, 0.25) is 0 Å². The van der Waals surface area contributed by atoms with E-state index in [2.05, 4.69) is 15.3 Å². The molecule has 0 bridgehead atoms. The number of methoxy groups -OCH3 is 2. The molecule has 124 valence electrons. The highest BCUT2D eigenvalue weighted by molar-refractivity contribution is 6.17. The highest BCUT2D eigenvalue weighted by Crippen LogP contribution is 2.27. The Balaban J connectivity index is 2.51. The number of carbonyl (C=O) groups excluding carboxylic acids is 2. The molecule has 0 saturated heterocycles. The van der Waals surface area contributed by atoms with Gasteiger partial charge >= 0.3 is 5.97 Å². The van der Waals surface area contributed by atoms with Crippen LogP contribution in [0.3, 0.4) is 0 Å². The van der Waals surface area contributed by atoms with Crippen molar-refractivity contribution in [2.75, 3.05) is 14.2 Å². The van der Waals surface area contributed by atoms with Crippen LogP contribution < -0.4 is 5.32 Å². The maximum atomic E-state index is 12.3. The van der Waals surface area contributed by atoms with E-state index in [-0.39, 0.29) is 23.2 Å². The maximum Gasteiger partial charge on any atom is 0.340 e. The number of nitrogens with zero attached hydrogens (tertiary/aromatic N) is 2. The number of hydrogen-bond acceptors (Lipinski definition) is 6. The van der Waals surface area contributed by atoms with E-state index in [1.807, 2.05) is 13.8 Å². The van der Waals surface area contributed by atoms with Crippen molar-refractivity contribution in [3.63, 3.8) is 0 Å². The topological polar surface area (TPSA) is 89.9 Å². The highest BCUT2D eigenvalue weighted by atomic mass is 16.5. The number of rotatable bonds is 5. The lowest BCUT2D eigenvalue weighted by atomic mass is 9.89. The van der Waals surface area contributed by atoms with Crippen LogP contribution in [0.5, 0.6) is 0 Å². The van der Waals surface area contributed by atoms with Gasteiger partial charge < -0.3 is 14.8 Å². The second kappa shape index (κ2) is 6.45. The summed E-state index contributed by atoms with van der Waals surface area (Å²) < 4.78 is 9.86. The molecule has 1 aliphatic rings. The van der Waals surface area contributed by atoms with Gasteiger partial charge in [-0.1, -0.05) is 13.8 Å². The smallest absolute Gasteiger partial charge is 0.340 e. The van der Waals surface area contributed by atoms with Gasteiger partial charge in [0.05, 0.1) is 19.3 Å². The van der Waals surface area contributed by atoms with Crippen molar-refractivity contribution in [1.82, 2.24) is 10.3 Å². The second-order valence-corrected chi connectivity index (χ2v) is 5.88. The summed E-state index contributed by atoms with van der Waals surface area (Å²) in [4.78, 5) is 33.1. The molecule has 0 aliphatic carbocycles. The van der Waals surface area contributed by atoms with Crippen LogP contribution in [-0.4, -0.2) is 42.5 Å². The Kier molecular flexibility index (Phi) is 4.79. The average molecular weight is 319 g/mol. The quantitative estimate of drug-likeness (QED) is 0.826. The van der Waals surface area contributed by atoms with Crippen molar-refractivity contribution < 1.29 is 19.1 Å². The van der Waals surface area contributed by atoms with Gasteiger partial charge in [0.25, 0.3) is 5.91 Å². The molecule has 1 aromatic rings. The lowest BCUT2D eigenvalue weighted by Crippen LogP contribution is -2.41. The molecule has 2 heterocycles. The summed E-state index contributed by atoms with van der Waals surface area (Å²) in [5, 5.41) is 2.72. The first-order valence-electron chi connectivity index (χ1n) is 7.31. The van der Waals surface area contributed by atoms with Gasteiger partial charge in [-0.3, -0.25) is 9.78 Å². The Bertz CT molecular complexity index is 669. The van der Waals surface area contributed by atoms with Gasteiger partial charge in [0, 0.05) is 13.3 Å². The van der Waals surface area contributed by atoms with E-state index in [4.69, 9.17) is 9.47 Å². The molecule has 1 N–H and O–H groups in total. The number of aromatic nitrogens is 1. The zero-order valence-corrected chi connectivity index (χ0v) is 14.0. The minimum Gasteiger partial charge on any atom is -0.465 e. The van der Waals surface area contributed by atoms with Crippen LogP contribution in [0.2, 0.25) is 0 Å². The van der Waals surface area contributed by atoms with Crippen LogP contribution in [0, 0.1) is 5.92 Å². The molecule has 2 rings (SSSR count). The molecule has 0 spiro atoms. The van der Waals surface area contributed by atoms with Gasteiger partial charge in [-0.25, -0.2) is 9.79 Å². The third kappa shape index (κ3) is 3.10. The minimum absolute atomic E-state index is 0.00865. The molecular weight excluding hydrogens is 298 g/mol. The van der Waals surface area contributed by atoms with E-state index in [1.54, 1.807) is 26.3 Å². The Hall–Kier alpha value is -2.28. The van der Waals surface area contributed by atoms with Crippen LogP contribution in [0.25, 0.3) is 0 Å². The lowest BCUT2D eigenvalue weighted by molar-refractivity contribution is -0.124. The monoisotopic (exact) mass is 319 g/mol. The second-order valence-electron chi connectivity index (χ2n) is 5.88. The zero-order chi connectivity index (χ0) is 17.2. The van der Waals surface area contributed by atoms with Crippen molar-refractivity contribution in [3.05, 3.63) is 29.1 Å². The molecular formula is C16H21N3O4. The molecule has 0 aromatic carbocycles. The summed E-state index contributed by atoms with van der Waals surface area (Å²) in [6, 6.07) is 1.64. The predicted octanol–water partition coefficient (Wildman–Crippen LogP) is 1.31. The lowest BCUT2D eigenvalue weighted by Gasteiger charge is -2.21. The summed E-state index contributed by atoms with van der Waals surface area (Å²) in [7, 11) is 2.85. The van der Waals surface area contributed by atoms with Gasteiger partial charge in [0.1, 0.15) is 11.2 Å². The van der Waals surface area contributed by atoms with Gasteiger partial charge in [-0.15, -0.1) is 0 Å². The molecule has 23 heavy (non-hydrogen) atoms. The molecule has 0 fully saturated rings. The van der Waals surface area contributed by atoms with E-state index in [0.717, 1.165) is 5.56 Å². The van der Waals surface area contributed by atoms with Crippen molar-refractivity contribution >= 4 is 17.7 Å². The van der Waals surface area contributed by atoms with E-state index < -0.39 is 11.5 Å². The fraction of sp³-hybridized carbons (Fsp3) is 0.500. The number of aliphatic imine (C=N–C) groups is 1. The van der Waals surface area contributed by atoms with Crippen LogP contribution in [-0.2, 0) is 20.9 Å². The Labute approximate surface area is 135 Å². The van der Waals surface area contributed by atoms with Crippen molar-refractivity contribution in [2.24, 2.45) is 10.9 Å². The highest BCUT2D eigenvalue weighted by Gasteiger charge is 2.43. The third-order valence-corrected chi connectivity index (χ3v) is 4.04. The van der Waals surface area contributed by atoms with E-state index in [0.29, 0.717) is 12.3 Å². The molecule has 7 heteroatoms. The first kappa shape index (κ1) is 17.1. The minimum atomic E-state index is -0.879. The summed E-state index contributed by atoms with van der Waals surface area (Å²) in [6.07, 6.45) is 1.59. The molecule has 1 unspecified atom stereocenters. The van der Waals surface area contributed by atoms with Crippen molar-refractivity contribution in [3.8, 4) is 0 Å². The molecule has 1 aliphatic heterocycles. The summed E-state index contributed by atoms with van der Waals surface area (Å²) in [6.45, 7) is 5.92. The largest absolute Gasteiger partial charge is 0.465 e. The molecule has 0 radical (unpaired) electrons. The molecule has 1 atom stereocenters. The Morgan fingerprint density at radius 1 is 1.39 bits per heavy atom. The number of carbonyl (C=O) groups is 2. The van der Waals surface area contributed by atoms with Crippen LogP contribution >= 0.6 is 0 Å². The van der Waals surface area contributed by atoms with Crippen molar-refractivity contribution in [2.45, 2.75) is 32.9 Å². The number of hydrogen-bond donors (Lipinski definition) is 1. The maximum absolute atomic E-state index is 12.3. The molecule has 1 amide bonds. The number of nitrogens with one attached hydrogen (secondary N) is 1. The number of ether oxygens (including phenoxy) is 2. The van der Waals surface area contributed by atoms with Crippen LogP contribution in [0.4, 0.5) is 0 Å². The van der Waals surface area contributed by atoms with E-state index in [9.17, 15) is 9.59 Å². The molecule has 1 aromatic heterocycles. The van der Waals surface area contributed by atoms with Gasteiger partial charge in [-0.2, -0.15) is 0 Å². The van der Waals surface area contributed by atoms with Gasteiger partial charge in [0.15, 0.2) is 5.84 Å². The zero-order valence-electron chi connectivity index (χ0n) is 14.0. The SMILES string of the molecule is COCc1cnc(C2=NC(C)(C(C)C)C(=O)N2)c(C(=O)OC)c1. The third-order valence-electron chi connectivity index (χ3n) is 4.04. The number of esters is 1. The Morgan fingerprint density at radius 3 is 2.61 bits per heavy atom. The fourth-order valence-electron chi connectivity index (χ4n) is 2.26. The first-order chi connectivity index (χ1) is 10.8. The van der Waals surface area contributed by atoms with E-state index >= 15 is 0 Å². The number of amidine groups is 1. The van der Waals surface area contributed by atoms with Crippen LogP contribution in [0.15, 0.2) is 17.3 Å². The normalized spacial score (nSPS) is 20.4.